The van der Waals surface area contributed by atoms with Crippen molar-refractivity contribution in [2.45, 2.75) is 45.6 Å². The van der Waals surface area contributed by atoms with Crippen LogP contribution < -0.4 is 11.0 Å². The third-order valence-electron chi connectivity index (χ3n) is 7.07. The lowest BCUT2D eigenvalue weighted by Crippen LogP contribution is -2.52. The number of Topliss-reactive ketones (excluding diaryl/α,β-unsaturated/α-hetero) is 1. The van der Waals surface area contributed by atoms with Crippen LogP contribution in [0.15, 0.2) is 77.5 Å². The van der Waals surface area contributed by atoms with Gasteiger partial charge >= 0.3 is 0 Å². The summed E-state index contributed by atoms with van der Waals surface area (Å²) >= 11 is 6.26. The van der Waals surface area contributed by atoms with E-state index in [4.69, 9.17) is 11.6 Å². The molecule has 8 nitrogen and oxygen atoms in total. The van der Waals surface area contributed by atoms with Gasteiger partial charge in [0.05, 0.1) is 11.2 Å². The first kappa shape index (κ1) is 25.6. The third kappa shape index (κ3) is 4.56. The first-order valence-electron chi connectivity index (χ1n) is 12.3. The molecule has 0 fully saturated rings. The van der Waals surface area contributed by atoms with Crippen LogP contribution >= 0.6 is 11.6 Å². The van der Waals surface area contributed by atoms with Crippen LogP contribution in [-0.2, 0) is 16.1 Å². The molecule has 5 rings (SSSR count). The van der Waals surface area contributed by atoms with E-state index in [-0.39, 0.29) is 30.7 Å². The molecule has 0 saturated heterocycles. The van der Waals surface area contributed by atoms with Gasteiger partial charge in [-0.3, -0.25) is 29.6 Å². The van der Waals surface area contributed by atoms with Gasteiger partial charge in [0.1, 0.15) is 0 Å². The lowest BCUT2D eigenvalue weighted by Gasteiger charge is -2.42. The molecular weight excluding hydrogens is 504 g/mol. The van der Waals surface area contributed by atoms with Crippen LogP contribution in [-0.4, -0.2) is 32.2 Å². The van der Waals surface area contributed by atoms with Crippen molar-refractivity contribution < 1.29 is 14.4 Å². The molecule has 3 aromatic rings. The zero-order chi connectivity index (χ0) is 27.2. The summed E-state index contributed by atoms with van der Waals surface area (Å²) in [7, 11) is 0. The number of carbonyl (C=O) groups is 3. The Bertz CT molecular complexity index is 1590. The molecule has 0 bridgehead atoms. The SMILES string of the molecule is C=CCn1c(=O)c(C2CC(=O)N(NC(=O)c3ccncc3)C3=C2C(=O)CC(C)(C)C3)cc2cc(Cl)ccc21. The van der Waals surface area contributed by atoms with Gasteiger partial charge in [-0.15, -0.1) is 6.58 Å². The minimum Gasteiger partial charge on any atom is -0.304 e. The number of hydrogen-bond donors (Lipinski definition) is 1. The maximum absolute atomic E-state index is 13.8. The van der Waals surface area contributed by atoms with Crippen molar-refractivity contribution in [3.05, 3.63) is 99.2 Å². The Morgan fingerprint density at radius 3 is 2.61 bits per heavy atom. The van der Waals surface area contributed by atoms with E-state index in [1.54, 1.807) is 47.0 Å². The van der Waals surface area contributed by atoms with E-state index in [0.717, 1.165) is 5.39 Å². The Hall–Kier alpha value is -4.04. The standard InChI is InChI=1S/C29H27ClN4O4/c1-4-11-33-22-6-5-19(30)12-18(22)13-21(28(33)38)20-14-25(36)34(32-27(37)17-7-9-31-10-8-17)23-15-29(2,3)16-24(35)26(20)23/h4-10,12-13,20H,1,11,14-16H2,2-3H3,(H,32,37). The fourth-order valence-electron chi connectivity index (χ4n) is 5.42. The number of rotatable bonds is 5. The number of ketones is 1. The van der Waals surface area contributed by atoms with E-state index in [9.17, 15) is 19.2 Å². The zero-order valence-electron chi connectivity index (χ0n) is 21.2. The van der Waals surface area contributed by atoms with Gasteiger partial charge in [0, 0.05) is 64.8 Å². The minimum atomic E-state index is -0.748. The number of nitrogens with one attached hydrogen (secondary N) is 1. The van der Waals surface area contributed by atoms with Crippen LogP contribution in [0.3, 0.4) is 0 Å². The fraction of sp³-hybridized carbons (Fsp3) is 0.276. The van der Waals surface area contributed by atoms with E-state index in [0.29, 0.717) is 39.4 Å². The Morgan fingerprint density at radius 2 is 1.89 bits per heavy atom. The predicted molar refractivity (Wildman–Crippen MR) is 144 cm³/mol. The van der Waals surface area contributed by atoms with Gasteiger partial charge in [0.2, 0.25) is 5.91 Å². The summed E-state index contributed by atoms with van der Waals surface area (Å²) in [4.78, 5) is 57.8. The molecule has 9 heteroatoms. The van der Waals surface area contributed by atoms with Crippen molar-refractivity contribution in [1.29, 1.82) is 0 Å². The average molecular weight is 531 g/mol. The van der Waals surface area contributed by atoms with Gasteiger partial charge in [0.25, 0.3) is 11.5 Å². The molecule has 0 radical (unpaired) electrons. The molecule has 0 spiro atoms. The van der Waals surface area contributed by atoms with Crippen molar-refractivity contribution in [3.8, 4) is 0 Å². The number of hydrazine groups is 1. The monoisotopic (exact) mass is 530 g/mol. The highest BCUT2D eigenvalue weighted by Gasteiger charge is 2.45. The maximum Gasteiger partial charge on any atom is 0.270 e. The number of aromatic nitrogens is 2. The highest BCUT2D eigenvalue weighted by molar-refractivity contribution is 6.31. The Kier molecular flexibility index (Phi) is 6.53. The molecule has 2 amide bonds. The first-order valence-corrected chi connectivity index (χ1v) is 12.7. The third-order valence-corrected chi connectivity index (χ3v) is 7.30. The second kappa shape index (κ2) is 9.68. The molecule has 38 heavy (non-hydrogen) atoms. The highest BCUT2D eigenvalue weighted by atomic mass is 35.5. The van der Waals surface area contributed by atoms with Crippen molar-refractivity contribution >= 4 is 40.1 Å². The van der Waals surface area contributed by atoms with Crippen molar-refractivity contribution in [2.75, 3.05) is 0 Å². The topological polar surface area (TPSA) is 101 Å². The number of hydrogen-bond acceptors (Lipinski definition) is 5. The van der Waals surface area contributed by atoms with Gasteiger partial charge < -0.3 is 4.57 Å². The number of nitrogens with zero attached hydrogens (tertiary/aromatic N) is 3. The fourth-order valence-corrected chi connectivity index (χ4v) is 5.60. The minimum absolute atomic E-state index is 0.141. The van der Waals surface area contributed by atoms with Crippen LogP contribution in [0.2, 0.25) is 5.02 Å². The number of pyridine rings is 2. The van der Waals surface area contributed by atoms with Crippen molar-refractivity contribution in [1.82, 2.24) is 20.0 Å². The van der Waals surface area contributed by atoms with E-state index in [2.05, 4.69) is 17.0 Å². The van der Waals surface area contributed by atoms with Gasteiger partial charge in [-0.1, -0.05) is 31.5 Å². The number of allylic oxidation sites excluding steroid dienone is 3. The molecule has 2 aromatic heterocycles. The van der Waals surface area contributed by atoms with E-state index in [1.807, 2.05) is 13.8 Å². The quantitative estimate of drug-likeness (QED) is 0.488. The van der Waals surface area contributed by atoms with Gasteiger partial charge in [-0.25, -0.2) is 5.01 Å². The number of benzene rings is 1. The van der Waals surface area contributed by atoms with Crippen LogP contribution in [0.5, 0.6) is 0 Å². The number of carbonyl (C=O) groups excluding carboxylic acids is 3. The Labute approximate surface area is 224 Å². The number of halogens is 1. The smallest absolute Gasteiger partial charge is 0.270 e. The summed E-state index contributed by atoms with van der Waals surface area (Å²) in [5.41, 5.74) is 4.14. The molecule has 1 unspecified atom stereocenters. The van der Waals surface area contributed by atoms with E-state index < -0.39 is 23.1 Å². The summed E-state index contributed by atoms with van der Waals surface area (Å²) < 4.78 is 1.58. The van der Waals surface area contributed by atoms with E-state index in [1.165, 1.54) is 17.4 Å². The van der Waals surface area contributed by atoms with Crippen LogP contribution in [0.4, 0.5) is 0 Å². The summed E-state index contributed by atoms with van der Waals surface area (Å²) in [6.45, 7) is 7.92. The average Bonchev–Trinajstić information content (AvgIpc) is 2.87. The predicted octanol–water partition coefficient (Wildman–Crippen LogP) is 4.54. The summed E-state index contributed by atoms with van der Waals surface area (Å²) in [6.07, 6.45) is 5.11. The summed E-state index contributed by atoms with van der Waals surface area (Å²) in [6, 6.07) is 10.0. The molecule has 2 aliphatic rings. The van der Waals surface area contributed by atoms with Crippen molar-refractivity contribution in [2.24, 2.45) is 5.41 Å². The molecule has 0 saturated carbocycles. The summed E-state index contributed by atoms with van der Waals surface area (Å²) in [5.74, 6) is -1.78. The molecule has 1 atom stereocenters. The van der Waals surface area contributed by atoms with Crippen LogP contribution in [0, 0.1) is 5.41 Å². The normalized spacial score (nSPS) is 18.9. The Morgan fingerprint density at radius 1 is 1.16 bits per heavy atom. The first-order chi connectivity index (χ1) is 18.1. The highest BCUT2D eigenvalue weighted by Crippen LogP contribution is 2.46. The van der Waals surface area contributed by atoms with Crippen LogP contribution in [0.1, 0.15) is 54.9 Å². The summed E-state index contributed by atoms with van der Waals surface area (Å²) in [5, 5.41) is 2.43. The molecule has 1 aromatic carbocycles. The van der Waals surface area contributed by atoms with Gasteiger partial charge in [-0.2, -0.15) is 0 Å². The molecule has 3 heterocycles. The van der Waals surface area contributed by atoms with Gasteiger partial charge in [-0.05, 0) is 48.2 Å². The molecule has 194 valence electrons. The number of amides is 2. The second-order valence-corrected chi connectivity index (χ2v) is 10.9. The molecule has 1 aliphatic heterocycles. The second-order valence-electron chi connectivity index (χ2n) is 10.5. The van der Waals surface area contributed by atoms with Crippen LogP contribution in [0.25, 0.3) is 10.9 Å². The molecular formula is C29H27ClN4O4. The lowest BCUT2D eigenvalue weighted by molar-refractivity contribution is -0.134. The zero-order valence-corrected chi connectivity index (χ0v) is 21.9. The lowest BCUT2D eigenvalue weighted by atomic mass is 9.69. The van der Waals surface area contributed by atoms with E-state index >= 15 is 0 Å². The van der Waals surface area contributed by atoms with Crippen molar-refractivity contribution in [3.63, 3.8) is 0 Å². The Balaban J connectivity index is 1.68. The number of fused-ring (bicyclic) bond motifs is 1. The molecule has 1 N–H and O–H groups in total. The van der Waals surface area contributed by atoms with Gasteiger partial charge in [0.15, 0.2) is 5.78 Å². The largest absolute Gasteiger partial charge is 0.304 e. The maximum atomic E-state index is 13.8. The molecule has 1 aliphatic carbocycles.